The quantitative estimate of drug-likeness (QED) is 0.513. The van der Waals surface area contributed by atoms with Gasteiger partial charge in [-0.2, -0.15) is 0 Å². The van der Waals surface area contributed by atoms with E-state index >= 15 is 0 Å². The number of nitrogens with zero attached hydrogens (tertiary/aromatic N) is 1. The van der Waals surface area contributed by atoms with Gasteiger partial charge in [-0.15, -0.1) is 0 Å². The van der Waals surface area contributed by atoms with Crippen molar-refractivity contribution in [3.63, 3.8) is 0 Å². The minimum absolute atomic E-state index is 0.232. The molecule has 0 heterocycles. The Hall–Kier alpha value is -1.88. The van der Waals surface area contributed by atoms with Crippen molar-refractivity contribution in [2.45, 2.75) is 33.6 Å². The van der Waals surface area contributed by atoms with Gasteiger partial charge in [-0.1, -0.05) is 29.8 Å². The molecule has 0 aliphatic rings. The minimum atomic E-state index is -1.32. The topological polar surface area (TPSA) is 55.8 Å². The van der Waals surface area contributed by atoms with Crippen LogP contribution in [0.2, 0.25) is 0 Å². The smallest absolute Gasteiger partial charge is 0.323 e. The van der Waals surface area contributed by atoms with Crippen LogP contribution in [-0.4, -0.2) is 50.7 Å². The number of carbonyl (C=O) groups is 2. The largest absolute Gasteiger partial charge is 0.465 e. The molecule has 24 heavy (non-hydrogen) atoms. The molecule has 0 spiro atoms. The molecule has 0 fully saturated rings. The standard InChI is InChI=1S/C19H29NO4/c1-6-23-17(21)19(11-12-20(4)5,18(22)24-7-2)14-16-10-8-9-15(3)13-16/h8-10,13H,6-7,11-12,14H2,1-5H3. The summed E-state index contributed by atoms with van der Waals surface area (Å²) in [6, 6.07) is 7.83. The summed E-state index contributed by atoms with van der Waals surface area (Å²) >= 11 is 0. The van der Waals surface area contributed by atoms with E-state index in [2.05, 4.69) is 0 Å². The van der Waals surface area contributed by atoms with Crippen molar-refractivity contribution >= 4 is 11.9 Å². The highest BCUT2D eigenvalue weighted by molar-refractivity contribution is 6.00. The lowest BCUT2D eigenvalue weighted by atomic mass is 9.78. The van der Waals surface area contributed by atoms with Crippen LogP contribution in [0.1, 0.15) is 31.4 Å². The van der Waals surface area contributed by atoms with Crippen molar-refractivity contribution in [3.05, 3.63) is 35.4 Å². The van der Waals surface area contributed by atoms with E-state index < -0.39 is 17.4 Å². The molecular formula is C19H29NO4. The van der Waals surface area contributed by atoms with Crippen LogP contribution in [0.5, 0.6) is 0 Å². The molecular weight excluding hydrogens is 306 g/mol. The van der Waals surface area contributed by atoms with Crippen molar-refractivity contribution in [3.8, 4) is 0 Å². The average Bonchev–Trinajstić information content (AvgIpc) is 2.51. The van der Waals surface area contributed by atoms with E-state index in [1.54, 1.807) is 13.8 Å². The summed E-state index contributed by atoms with van der Waals surface area (Å²) in [5, 5.41) is 0. The third-order valence-corrected chi connectivity index (χ3v) is 3.91. The zero-order valence-corrected chi connectivity index (χ0v) is 15.4. The van der Waals surface area contributed by atoms with E-state index in [-0.39, 0.29) is 19.6 Å². The first kappa shape index (κ1) is 20.2. The van der Waals surface area contributed by atoms with Crippen LogP contribution in [0.3, 0.4) is 0 Å². The van der Waals surface area contributed by atoms with Crippen LogP contribution >= 0.6 is 0 Å². The van der Waals surface area contributed by atoms with E-state index in [9.17, 15) is 9.59 Å². The van der Waals surface area contributed by atoms with Gasteiger partial charge in [-0.3, -0.25) is 9.59 Å². The summed E-state index contributed by atoms with van der Waals surface area (Å²) in [7, 11) is 3.82. The Bertz CT molecular complexity index is 536. The summed E-state index contributed by atoms with van der Waals surface area (Å²) in [5.74, 6) is -1.02. The Kier molecular flexibility index (Phi) is 7.92. The van der Waals surface area contributed by atoms with Crippen LogP contribution < -0.4 is 0 Å². The molecule has 0 atom stereocenters. The fraction of sp³-hybridized carbons (Fsp3) is 0.579. The maximum Gasteiger partial charge on any atom is 0.323 e. The molecule has 0 aliphatic heterocycles. The normalized spacial score (nSPS) is 11.4. The second kappa shape index (κ2) is 9.42. The molecule has 1 aromatic rings. The monoisotopic (exact) mass is 335 g/mol. The number of rotatable bonds is 9. The number of hydrogen-bond acceptors (Lipinski definition) is 5. The summed E-state index contributed by atoms with van der Waals surface area (Å²) in [4.78, 5) is 27.4. The number of esters is 2. The number of aryl methyl sites for hydroxylation is 1. The van der Waals surface area contributed by atoms with Crippen LogP contribution in [-0.2, 0) is 25.5 Å². The average molecular weight is 335 g/mol. The summed E-state index contributed by atoms with van der Waals surface area (Å²) in [5.41, 5.74) is 0.695. The van der Waals surface area contributed by atoms with Gasteiger partial charge in [-0.25, -0.2) is 0 Å². The first-order chi connectivity index (χ1) is 11.4. The van der Waals surface area contributed by atoms with Gasteiger partial charge in [0.05, 0.1) is 13.2 Å². The molecule has 0 saturated carbocycles. The SMILES string of the molecule is CCOC(=O)C(CCN(C)C)(Cc1cccc(C)c1)C(=O)OCC. The lowest BCUT2D eigenvalue weighted by Gasteiger charge is -2.30. The molecule has 0 aromatic heterocycles. The fourth-order valence-corrected chi connectivity index (χ4v) is 2.64. The molecule has 1 rings (SSSR count). The van der Waals surface area contributed by atoms with Gasteiger partial charge in [0.25, 0.3) is 0 Å². The van der Waals surface area contributed by atoms with Crippen LogP contribution in [0.4, 0.5) is 0 Å². The van der Waals surface area contributed by atoms with E-state index in [0.717, 1.165) is 11.1 Å². The van der Waals surface area contributed by atoms with Crippen molar-refractivity contribution in [2.24, 2.45) is 5.41 Å². The van der Waals surface area contributed by atoms with Crippen molar-refractivity contribution in [2.75, 3.05) is 33.9 Å². The van der Waals surface area contributed by atoms with Gasteiger partial charge in [0.2, 0.25) is 0 Å². The van der Waals surface area contributed by atoms with E-state index in [1.165, 1.54) is 0 Å². The number of benzene rings is 1. The predicted octanol–water partition coefficient (Wildman–Crippen LogP) is 2.60. The van der Waals surface area contributed by atoms with Crippen molar-refractivity contribution in [1.29, 1.82) is 0 Å². The first-order valence-corrected chi connectivity index (χ1v) is 8.40. The second-order valence-electron chi connectivity index (χ2n) is 6.24. The lowest BCUT2D eigenvalue weighted by Crippen LogP contribution is -2.45. The first-order valence-electron chi connectivity index (χ1n) is 8.40. The van der Waals surface area contributed by atoms with Crippen molar-refractivity contribution < 1.29 is 19.1 Å². The van der Waals surface area contributed by atoms with E-state index in [4.69, 9.17) is 9.47 Å². The summed E-state index contributed by atoms with van der Waals surface area (Å²) in [6.07, 6.45) is 0.631. The predicted molar refractivity (Wildman–Crippen MR) is 93.8 cm³/mol. The van der Waals surface area contributed by atoms with E-state index in [1.807, 2.05) is 50.2 Å². The molecule has 0 bridgehead atoms. The number of carbonyl (C=O) groups excluding carboxylic acids is 2. The molecule has 5 heteroatoms. The van der Waals surface area contributed by atoms with E-state index in [0.29, 0.717) is 13.0 Å². The van der Waals surface area contributed by atoms with Gasteiger partial charge in [0.1, 0.15) is 0 Å². The van der Waals surface area contributed by atoms with Gasteiger partial charge >= 0.3 is 11.9 Å². The van der Waals surface area contributed by atoms with Gasteiger partial charge in [0, 0.05) is 0 Å². The summed E-state index contributed by atoms with van der Waals surface area (Å²) < 4.78 is 10.5. The molecule has 0 aliphatic carbocycles. The highest BCUT2D eigenvalue weighted by Gasteiger charge is 2.48. The Morgan fingerprint density at radius 2 is 1.67 bits per heavy atom. The molecule has 0 saturated heterocycles. The highest BCUT2D eigenvalue weighted by Crippen LogP contribution is 2.32. The van der Waals surface area contributed by atoms with Crippen molar-refractivity contribution in [1.82, 2.24) is 4.90 Å². The molecule has 0 amide bonds. The number of ether oxygens (including phenoxy) is 2. The van der Waals surface area contributed by atoms with Gasteiger partial charge in [-0.05, 0) is 59.8 Å². The summed E-state index contributed by atoms with van der Waals surface area (Å²) in [6.45, 7) is 6.52. The van der Waals surface area contributed by atoms with Gasteiger partial charge in [0.15, 0.2) is 5.41 Å². The Labute approximate surface area is 144 Å². The highest BCUT2D eigenvalue weighted by atomic mass is 16.6. The third kappa shape index (κ3) is 5.34. The minimum Gasteiger partial charge on any atom is -0.465 e. The zero-order chi connectivity index (χ0) is 18.2. The molecule has 1 aromatic carbocycles. The maximum absolute atomic E-state index is 12.7. The second-order valence-corrected chi connectivity index (χ2v) is 6.24. The van der Waals surface area contributed by atoms with Crippen LogP contribution in [0.25, 0.3) is 0 Å². The Morgan fingerprint density at radius 3 is 2.12 bits per heavy atom. The number of hydrogen-bond donors (Lipinski definition) is 0. The molecule has 0 radical (unpaired) electrons. The van der Waals surface area contributed by atoms with Crippen LogP contribution in [0, 0.1) is 12.3 Å². The maximum atomic E-state index is 12.7. The van der Waals surface area contributed by atoms with Gasteiger partial charge < -0.3 is 14.4 Å². The Morgan fingerprint density at radius 1 is 1.08 bits per heavy atom. The molecule has 134 valence electrons. The van der Waals surface area contributed by atoms with Crippen LogP contribution in [0.15, 0.2) is 24.3 Å². The zero-order valence-electron chi connectivity index (χ0n) is 15.4. The fourth-order valence-electron chi connectivity index (χ4n) is 2.64. The molecule has 0 N–H and O–H groups in total. The Balaban J connectivity index is 3.26. The lowest BCUT2D eigenvalue weighted by molar-refractivity contribution is -0.173. The third-order valence-electron chi connectivity index (χ3n) is 3.91. The molecule has 5 nitrogen and oxygen atoms in total. The molecule has 0 unspecified atom stereocenters.